The van der Waals surface area contributed by atoms with Gasteiger partial charge in [0.05, 0.1) is 12.5 Å². The largest absolute Gasteiger partial charge is 0.364 e. The molecular formula is C19H28ClN3O3. The molecule has 0 saturated carbocycles. The summed E-state index contributed by atoms with van der Waals surface area (Å²) in [7, 11) is 0. The number of ether oxygens (including phenoxy) is 1. The van der Waals surface area contributed by atoms with E-state index in [0.29, 0.717) is 39.1 Å². The molecule has 26 heavy (non-hydrogen) atoms. The minimum Gasteiger partial charge on any atom is -0.364 e. The molecule has 2 fully saturated rings. The highest BCUT2D eigenvalue weighted by Gasteiger charge is 2.34. The van der Waals surface area contributed by atoms with Gasteiger partial charge >= 0.3 is 0 Å². The van der Waals surface area contributed by atoms with Crippen molar-refractivity contribution in [3.05, 3.63) is 35.4 Å². The van der Waals surface area contributed by atoms with Crippen LogP contribution in [0.25, 0.3) is 0 Å². The van der Waals surface area contributed by atoms with Crippen molar-refractivity contribution in [1.29, 1.82) is 0 Å². The Morgan fingerprint density at radius 2 is 1.77 bits per heavy atom. The predicted molar refractivity (Wildman–Crippen MR) is 102 cm³/mol. The Labute approximate surface area is 161 Å². The average Bonchev–Trinajstić information content (AvgIpc) is 3.12. The van der Waals surface area contributed by atoms with Crippen molar-refractivity contribution in [3.63, 3.8) is 0 Å². The van der Waals surface area contributed by atoms with Crippen molar-refractivity contribution in [2.24, 2.45) is 5.73 Å². The summed E-state index contributed by atoms with van der Waals surface area (Å²) >= 11 is 0. The molecule has 1 aromatic carbocycles. The molecule has 2 atom stereocenters. The van der Waals surface area contributed by atoms with Crippen LogP contribution in [0.4, 0.5) is 0 Å². The van der Waals surface area contributed by atoms with Crippen LogP contribution in [0.3, 0.4) is 0 Å². The van der Waals surface area contributed by atoms with E-state index in [-0.39, 0.29) is 36.4 Å². The second-order valence-corrected chi connectivity index (χ2v) is 6.87. The molecular weight excluding hydrogens is 354 g/mol. The maximum Gasteiger partial charge on any atom is 0.251 e. The summed E-state index contributed by atoms with van der Waals surface area (Å²) < 4.78 is 5.70. The quantitative estimate of drug-likeness (QED) is 0.848. The van der Waals surface area contributed by atoms with Crippen LogP contribution in [0.5, 0.6) is 0 Å². The zero-order valence-corrected chi connectivity index (χ0v) is 16.0. The molecule has 2 N–H and O–H groups in total. The second-order valence-electron chi connectivity index (χ2n) is 6.87. The summed E-state index contributed by atoms with van der Waals surface area (Å²) in [6.45, 7) is 4.81. The van der Waals surface area contributed by atoms with Gasteiger partial charge in [0.2, 0.25) is 5.91 Å². The Kier molecular flexibility index (Phi) is 7.43. The topological polar surface area (TPSA) is 75.9 Å². The summed E-state index contributed by atoms with van der Waals surface area (Å²) in [6, 6.07) is 7.96. The maximum atomic E-state index is 12.5. The molecule has 0 unspecified atom stereocenters. The molecule has 144 valence electrons. The molecule has 1 aromatic rings. The van der Waals surface area contributed by atoms with Crippen molar-refractivity contribution in [3.8, 4) is 0 Å². The van der Waals surface area contributed by atoms with E-state index in [2.05, 4.69) is 0 Å². The van der Waals surface area contributed by atoms with E-state index in [1.807, 2.05) is 41.0 Å². The van der Waals surface area contributed by atoms with Crippen molar-refractivity contribution in [2.45, 2.75) is 38.4 Å². The van der Waals surface area contributed by atoms with E-state index >= 15 is 0 Å². The van der Waals surface area contributed by atoms with Gasteiger partial charge in [-0.1, -0.05) is 24.3 Å². The number of benzene rings is 1. The Hall–Kier alpha value is -1.63. The highest BCUT2D eigenvalue weighted by atomic mass is 35.5. The molecule has 0 aromatic heterocycles. The first-order valence-electron chi connectivity index (χ1n) is 9.05. The third kappa shape index (κ3) is 4.75. The first-order valence-corrected chi connectivity index (χ1v) is 9.05. The second kappa shape index (κ2) is 9.35. The molecule has 0 radical (unpaired) electrons. The van der Waals surface area contributed by atoms with E-state index in [1.165, 1.54) is 0 Å². The fraction of sp³-hybridized carbons (Fsp3) is 0.579. The van der Waals surface area contributed by atoms with Gasteiger partial charge in [-0.3, -0.25) is 9.59 Å². The van der Waals surface area contributed by atoms with Crippen LogP contribution in [0.1, 0.15) is 24.0 Å². The molecule has 0 aliphatic carbocycles. The molecule has 0 spiro atoms. The number of carbonyl (C=O) groups excluding carboxylic acids is 2. The summed E-state index contributed by atoms with van der Waals surface area (Å²) in [4.78, 5) is 28.7. The van der Waals surface area contributed by atoms with Gasteiger partial charge in [0.25, 0.3) is 5.91 Å². The normalized spacial score (nSPS) is 22.8. The number of nitrogens with two attached hydrogens (primary N) is 1. The summed E-state index contributed by atoms with van der Waals surface area (Å²) in [5.41, 5.74) is 7.81. The first kappa shape index (κ1) is 20.7. The smallest absolute Gasteiger partial charge is 0.251 e. The lowest BCUT2D eigenvalue weighted by molar-refractivity contribution is -0.147. The minimum atomic E-state index is -0.359. The molecule has 6 nitrogen and oxygen atoms in total. The van der Waals surface area contributed by atoms with E-state index in [4.69, 9.17) is 10.5 Å². The number of aryl methyl sites for hydroxylation is 1. The Morgan fingerprint density at radius 3 is 2.38 bits per heavy atom. The van der Waals surface area contributed by atoms with E-state index in [1.54, 1.807) is 0 Å². The van der Waals surface area contributed by atoms with Gasteiger partial charge in [-0.05, 0) is 30.9 Å². The zero-order chi connectivity index (χ0) is 17.8. The molecule has 2 saturated heterocycles. The van der Waals surface area contributed by atoms with Crippen molar-refractivity contribution in [2.75, 3.05) is 32.7 Å². The van der Waals surface area contributed by atoms with Crippen LogP contribution in [0.2, 0.25) is 0 Å². The number of piperazine rings is 1. The van der Waals surface area contributed by atoms with Crippen molar-refractivity contribution in [1.82, 2.24) is 9.80 Å². The number of hydrogen-bond acceptors (Lipinski definition) is 4. The Bertz CT molecular complexity index is 632. The Balaban J connectivity index is 0.00000243. The predicted octanol–water partition coefficient (Wildman–Crippen LogP) is 1.14. The van der Waals surface area contributed by atoms with Gasteiger partial charge < -0.3 is 20.3 Å². The molecule has 2 aliphatic heterocycles. The summed E-state index contributed by atoms with van der Waals surface area (Å²) in [6.07, 6.45) is 1.66. The van der Waals surface area contributed by atoms with Crippen LogP contribution in [-0.4, -0.2) is 66.5 Å². The molecule has 2 amide bonds. The van der Waals surface area contributed by atoms with E-state index in [0.717, 1.165) is 24.0 Å². The van der Waals surface area contributed by atoms with Gasteiger partial charge in [-0.15, -0.1) is 12.4 Å². The van der Waals surface area contributed by atoms with Gasteiger partial charge in [-0.2, -0.15) is 0 Å². The highest BCUT2D eigenvalue weighted by molar-refractivity contribution is 5.85. The molecule has 2 aliphatic rings. The molecule has 3 rings (SSSR count). The third-order valence-corrected chi connectivity index (χ3v) is 5.19. The summed E-state index contributed by atoms with van der Waals surface area (Å²) in [5.74, 6) is 0.170. The fourth-order valence-corrected chi connectivity index (χ4v) is 3.52. The number of amides is 2. The van der Waals surface area contributed by atoms with Gasteiger partial charge in [0.15, 0.2) is 0 Å². The van der Waals surface area contributed by atoms with E-state index < -0.39 is 0 Å². The number of hydrogen-bond donors (Lipinski definition) is 1. The third-order valence-electron chi connectivity index (χ3n) is 5.19. The average molecular weight is 382 g/mol. The van der Waals surface area contributed by atoms with Crippen LogP contribution in [-0.2, 0) is 20.7 Å². The van der Waals surface area contributed by atoms with Crippen LogP contribution in [0, 0.1) is 6.92 Å². The van der Waals surface area contributed by atoms with Crippen LogP contribution >= 0.6 is 12.4 Å². The lowest BCUT2D eigenvalue weighted by Crippen LogP contribution is -2.53. The lowest BCUT2D eigenvalue weighted by Gasteiger charge is -2.36. The minimum absolute atomic E-state index is 0. The van der Waals surface area contributed by atoms with Crippen molar-refractivity contribution < 1.29 is 14.3 Å². The molecule has 7 heteroatoms. The van der Waals surface area contributed by atoms with Gasteiger partial charge in [-0.25, -0.2) is 0 Å². The Morgan fingerprint density at radius 1 is 1.12 bits per heavy atom. The van der Waals surface area contributed by atoms with Crippen LogP contribution in [0.15, 0.2) is 24.3 Å². The number of halogens is 1. The zero-order valence-electron chi connectivity index (χ0n) is 15.2. The standard InChI is InChI=1S/C19H27N3O3.ClH/c1-14-4-2-3-5-15(14)12-18(23)21-8-10-22(11-9-21)19(24)17-7-6-16(13-20)25-17;/h2-5,16-17H,6-13,20H2,1H3;1H/t16-,17+;/m1./s1. The molecule has 0 bridgehead atoms. The SMILES string of the molecule is Cc1ccccc1CC(=O)N1CCN(C(=O)[C@@H]2CC[C@H](CN)O2)CC1.Cl. The maximum absolute atomic E-state index is 12.5. The van der Waals surface area contributed by atoms with Crippen LogP contribution < -0.4 is 5.73 Å². The summed E-state index contributed by atoms with van der Waals surface area (Å²) in [5, 5.41) is 0. The number of rotatable bonds is 4. The lowest BCUT2D eigenvalue weighted by atomic mass is 10.1. The fourth-order valence-electron chi connectivity index (χ4n) is 3.52. The van der Waals surface area contributed by atoms with E-state index in [9.17, 15) is 9.59 Å². The van der Waals surface area contributed by atoms with Gasteiger partial charge in [0.1, 0.15) is 6.10 Å². The number of carbonyl (C=O) groups is 2. The first-order chi connectivity index (χ1) is 12.1. The van der Waals surface area contributed by atoms with Gasteiger partial charge in [0, 0.05) is 32.7 Å². The highest BCUT2D eigenvalue weighted by Crippen LogP contribution is 2.21. The monoisotopic (exact) mass is 381 g/mol. The van der Waals surface area contributed by atoms with Crippen molar-refractivity contribution >= 4 is 24.2 Å². The molecule has 2 heterocycles. The number of nitrogens with zero attached hydrogens (tertiary/aromatic N) is 2.